The van der Waals surface area contributed by atoms with Crippen LogP contribution in [0.1, 0.15) is 49.0 Å². The standard InChI is InChI=1S/C16H20O6S/c1-10(13-4-6-14(7-5-13)16(18)19)8-15(12(3)17)9-11(2)23(20,21)22/h4-7,9-10,17H,8H2,1-3H3,(H,18,19)(H,20,21,22)/b11-9+,15-12+. The second kappa shape index (κ2) is 7.43. The Morgan fingerprint density at radius 3 is 2.09 bits per heavy atom. The minimum absolute atomic E-state index is 0.0398. The van der Waals surface area contributed by atoms with Crippen LogP contribution in [-0.2, 0) is 10.1 Å². The van der Waals surface area contributed by atoms with Crippen molar-refractivity contribution < 1.29 is 28.0 Å². The van der Waals surface area contributed by atoms with Gasteiger partial charge in [0, 0.05) is 0 Å². The highest BCUT2D eigenvalue weighted by atomic mass is 32.2. The molecule has 0 saturated heterocycles. The summed E-state index contributed by atoms with van der Waals surface area (Å²) >= 11 is 0. The molecular formula is C16H20O6S. The van der Waals surface area contributed by atoms with Crippen molar-refractivity contribution in [1.29, 1.82) is 0 Å². The van der Waals surface area contributed by atoms with Crippen molar-refractivity contribution in [2.75, 3.05) is 0 Å². The quantitative estimate of drug-likeness (QED) is 0.415. The number of aromatic carboxylic acids is 1. The molecule has 0 aliphatic carbocycles. The Balaban J connectivity index is 3.02. The Hall–Kier alpha value is -2.12. The average Bonchev–Trinajstić information content (AvgIpc) is 2.45. The SMILES string of the molecule is C/C(=C\C(CC(C)c1ccc(C(=O)O)cc1)=C(/C)O)S(=O)(=O)O. The Kier molecular flexibility index (Phi) is 6.12. The van der Waals surface area contributed by atoms with Crippen molar-refractivity contribution in [3.05, 3.63) is 57.7 Å². The molecule has 0 radical (unpaired) electrons. The van der Waals surface area contributed by atoms with Crippen molar-refractivity contribution in [2.24, 2.45) is 0 Å². The van der Waals surface area contributed by atoms with E-state index in [1.54, 1.807) is 12.1 Å². The number of rotatable bonds is 6. The highest BCUT2D eigenvalue weighted by molar-refractivity contribution is 7.89. The molecule has 1 aromatic carbocycles. The zero-order valence-corrected chi connectivity index (χ0v) is 14.0. The number of carboxylic acids is 1. The van der Waals surface area contributed by atoms with Crippen molar-refractivity contribution in [3.8, 4) is 0 Å². The molecule has 0 aromatic heterocycles. The third-order valence-corrected chi connectivity index (χ3v) is 4.43. The molecule has 1 aromatic rings. The second-order valence-electron chi connectivity index (χ2n) is 5.37. The zero-order chi connectivity index (χ0) is 17.8. The van der Waals surface area contributed by atoms with Crippen LogP contribution in [0.3, 0.4) is 0 Å². The molecule has 6 nitrogen and oxygen atoms in total. The van der Waals surface area contributed by atoms with Crippen LogP contribution >= 0.6 is 0 Å². The summed E-state index contributed by atoms with van der Waals surface area (Å²) in [5, 5.41) is 18.6. The van der Waals surface area contributed by atoms with Crippen molar-refractivity contribution in [3.63, 3.8) is 0 Å². The Bertz CT molecular complexity index is 737. The summed E-state index contributed by atoms with van der Waals surface area (Å²) in [6, 6.07) is 6.33. The van der Waals surface area contributed by atoms with Crippen LogP contribution < -0.4 is 0 Å². The lowest BCUT2D eigenvalue weighted by Gasteiger charge is -2.14. The maximum Gasteiger partial charge on any atom is 0.335 e. The summed E-state index contributed by atoms with van der Waals surface area (Å²) < 4.78 is 31.1. The third-order valence-electron chi connectivity index (χ3n) is 3.50. The average molecular weight is 340 g/mol. The fraction of sp³-hybridized carbons (Fsp3) is 0.312. The predicted molar refractivity (Wildman–Crippen MR) is 87.1 cm³/mol. The van der Waals surface area contributed by atoms with Gasteiger partial charge in [-0.1, -0.05) is 19.1 Å². The van der Waals surface area contributed by atoms with E-state index in [1.165, 1.54) is 32.1 Å². The summed E-state index contributed by atoms with van der Waals surface area (Å²) in [6.07, 6.45) is 1.56. The van der Waals surface area contributed by atoms with Crippen LogP contribution in [-0.4, -0.2) is 29.2 Å². The highest BCUT2D eigenvalue weighted by Crippen LogP contribution is 2.26. The summed E-state index contributed by atoms with van der Waals surface area (Å²) in [4.78, 5) is 10.6. The van der Waals surface area contributed by atoms with Gasteiger partial charge in [0.05, 0.1) is 16.2 Å². The number of carbonyl (C=O) groups is 1. The minimum Gasteiger partial charge on any atom is -0.512 e. The zero-order valence-electron chi connectivity index (χ0n) is 13.1. The van der Waals surface area contributed by atoms with Gasteiger partial charge in [0.2, 0.25) is 0 Å². The number of aliphatic hydroxyl groups excluding tert-OH is 1. The molecule has 1 atom stereocenters. The molecule has 0 bridgehead atoms. The summed E-state index contributed by atoms with van der Waals surface area (Å²) in [5.41, 5.74) is 1.42. The molecule has 0 saturated carbocycles. The molecule has 0 heterocycles. The fourth-order valence-corrected chi connectivity index (χ4v) is 2.32. The second-order valence-corrected chi connectivity index (χ2v) is 6.97. The van der Waals surface area contributed by atoms with Crippen LogP contribution in [0.25, 0.3) is 0 Å². The first-order valence-electron chi connectivity index (χ1n) is 6.90. The van der Waals surface area contributed by atoms with Crippen LogP contribution in [0.2, 0.25) is 0 Å². The largest absolute Gasteiger partial charge is 0.512 e. The molecular weight excluding hydrogens is 320 g/mol. The van der Waals surface area contributed by atoms with Crippen LogP contribution in [0.5, 0.6) is 0 Å². The smallest absolute Gasteiger partial charge is 0.335 e. The van der Waals surface area contributed by atoms with Crippen LogP contribution in [0.4, 0.5) is 0 Å². The maximum atomic E-state index is 11.1. The molecule has 0 amide bonds. The van der Waals surface area contributed by atoms with E-state index in [9.17, 15) is 18.3 Å². The molecule has 7 heteroatoms. The van der Waals surface area contributed by atoms with Gasteiger partial charge in [-0.05, 0) is 55.5 Å². The number of benzene rings is 1. The van der Waals surface area contributed by atoms with E-state index in [2.05, 4.69) is 0 Å². The monoisotopic (exact) mass is 340 g/mol. The molecule has 126 valence electrons. The summed E-state index contributed by atoms with van der Waals surface area (Å²) in [5.74, 6) is -1.13. The number of aliphatic hydroxyl groups is 1. The summed E-state index contributed by atoms with van der Waals surface area (Å²) in [7, 11) is -4.30. The van der Waals surface area contributed by atoms with Gasteiger partial charge in [-0.3, -0.25) is 4.55 Å². The molecule has 23 heavy (non-hydrogen) atoms. The molecule has 1 rings (SSSR count). The number of allylic oxidation sites excluding steroid dienone is 4. The molecule has 1 unspecified atom stereocenters. The van der Waals surface area contributed by atoms with Gasteiger partial charge in [-0.15, -0.1) is 0 Å². The lowest BCUT2D eigenvalue weighted by atomic mass is 9.92. The Morgan fingerprint density at radius 1 is 1.17 bits per heavy atom. The normalized spacial score (nSPS) is 15.0. The van der Waals surface area contributed by atoms with E-state index in [4.69, 9.17) is 9.66 Å². The highest BCUT2D eigenvalue weighted by Gasteiger charge is 2.14. The lowest BCUT2D eigenvalue weighted by Crippen LogP contribution is -2.02. The van der Waals surface area contributed by atoms with Crippen molar-refractivity contribution in [2.45, 2.75) is 33.1 Å². The van der Waals surface area contributed by atoms with Gasteiger partial charge in [0.15, 0.2) is 0 Å². The van der Waals surface area contributed by atoms with Crippen molar-refractivity contribution >= 4 is 16.1 Å². The van der Waals surface area contributed by atoms with Gasteiger partial charge < -0.3 is 10.2 Å². The van der Waals surface area contributed by atoms with E-state index in [0.717, 1.165) is 5.56 Å². The van der Waals surface area contributed by atoms with Gasteiger partial charge in [-0.2, -0.15) is 8.42 Å². The number of hydrogen-bond acceptors (Lipinski definition) is 4. The van der Waals surface area contributed by atoms with E-state index >= 15 is 0 Å². The van der Waals surface area contributed by atoms with E-state index < -0.39 is 16.1 Å². The minimum atomic E-state index is -4.30. The van der Waals surface area contributed by atoms with E-state index in [0.29, 0.717) is 12.0 Å². The van der Waals surface area contributed by atoms with Gasteiger partial charge in [-0.25, -0.2) is 4.79 Å². The third kappa shape index (κ3) is 5.54. The number of hydrogen-bond donors (Lipinski definition) is 3. The number of carboxylic acid groups (broad SMARTS) is 1. The van der Waals surface area contributed by atoms with Crippen molar-refractivity contribution in [1.82, 2.24) is 0 Å². The van der Waals surface area contributed by atoms with Gasteiger partial charge in [0.1, 0.15) is 0 Å². The molecule has 0 fully saturated rings. The first-order valence-corrected chi connectivity index (χ1v) is 8.34. The molecule has 3 N–H and O–H groups in total. The topological polar surface area (TPSA) is 112 Å². The molecule has 0 spiro atoms. The first-order chi connectivity index (χ1) is 10.5. The Morgan fingerprint density at radius 2 is 1.70 bits per heavy atom. The predicted octanol–water partition coefficient (Wildman–Crippen LogP) is 3.50. The fourth-order valence-electron chi connectivity index (χ4n) is 2.03. The van der Waals surface area contributed by atoms with Gasteiger partial charge >= 0.3 is 5.97 Å². The summed E-state index contributed by atoms with van der Waals surface area (Å²) in [6.45, 7) is 4.54. The van der Waals surface area contributed by atoms with Gasteiger partial charge in [0.25, 0.3) is 10.1 Å². The van der Waals surface area contributed by atoms with E-state index in [1.807, 2.05) is 6.92 Å². The van der Waals surface area contributed by atoms with Crippen LogP contribution in [0, 0.1) is 0 Å². The Labute approximate surface area is 135 Å². The van der Waals surface area contributed by atoms with Crippen LogP contribution in [0.15, 0.2) is 46.6 Å². The van der Waals surface area contributed by atoms with E-state index in [-0.39, 0.29) is 22.1 Å². The lowest BCUT2D eigenvalue weighted by molar-refractivity contribution is 0.0697. The maximum absolute atomic E-state index is 11.1. The molecule has 0 aliphatic rings. The first kappa shape index (κ1) is 18.9. The molecule has 0 aliphatic heterocycles.